The summed E-state index contributed by atoms with van der Waals surface area (Å²) in [6.45, 7) is 5.26. The van der Waals surface area contributed by atoms with Gasteiger partial charge in [-0.1, -0.05) is 15.9 Å². The minimum Gasteiger partial charge on any atom is -0.236 e. The smallest absolute Gasteiger partial charge is 0.236 e. The predicted molar refractivity (Wildman–Crippen MR) is 78.5 cm³/mol. The molecule has 1 heterocycles. The summed E-state index contributed by atoms with van der Waals surface area (Å²) < 4.78 is 25.7. The van der Waals surface area contributed by atoms with Crippen LogP contribution in [0.4, 0.5) is 0 Å². The number of aromatic nitrogens is 2. The zero-order valence-electron chi connectivity index (χ0n) is 10.6. The SMILES string of the molecule is Cc1cc(Br)ccc1-n1nc(C)c(S(=O)(=O)Cl)c1C. The average molecular weight is 364 g/mol. The molecule has 4 nitrogen and oxygen atoms in total. The van der Waals surface area contributed by atoms with E-state index in [1.54, 1.807) is 18.5 Å². The molecule has 1 aromatic heterocycles. The van der Waals surface area contributed by atoms with E-state index in [1.807, 2.05) is 25.1 Å². The molecule has 1 aromatic carbocycles. The van der Waals surface area contributed by atoms with Crippen molar-refractivity contribution in [2.45, 2.75) is 25.7 Å². The maximum atomic E-state index is 11.6. The van der Waals surface area contributed by atoms with E-state index in [9.17, 15) is 8.42 Å². The first-order valence-corrected chi connectivity index (χ1v) is 8.59. The number of aryl methyl sites for hydroxylation is 2. The Morgan fingerprint density at radius 2 is 1.89 bits per heavy atom. The van der Waals surface area contributed by atoms with Crippen LogP contribution in [0, 0.1) is 20.8 Å². The molecular formula is C12H12BrClN2O2S. The minimum absolute atomic E-state index is 0.0801. The van der Waals surface area contributed by atoms with Crippen LogP contribution < -0.4 is 0 Å². The van der Waals surface area contributed by atoms with Crippen molar-refractivity contribution in [3.63, 3.8) is 0 Å². The molecule has 0 spiro atoms. The van der Waals surface area contributed by atoms with Crippen LogP contribution >= 0.6 is 26.6 Å². The Balaban J connectivity index is 2.72. The van der Waals surface area contributed by atoms with Crippen molar-refractivity contribution >= 4 is 35.7 Å². The van der Waals surface area contributed by atoms with E-state index >= 15 is 0 Å². The van der Waals surface area contributed by atoms with Crippen LogP contribution in [0.2, 0.25) is 0 Å². The lowest BCUT2D eigenvalue weighted by Gasteiger charge is -2.08. The Morgan fingerprint density at radius 1 is 1.26 bits per heavy atom. The predicted octanol–water partition coefficient (Wildman–Crippen LogP) is 3.49. The Hall–Kier alpha value is -0.850. The minimum atomic E-state index is -3.79. The molecule has 0 amide bonds. The van der Waals surface area contributed by atoms with Crippen molar-refractivity contribution in [1.29, 1.82) is 0 Å². The number of nitrogens with zero attached hydrogens (tertiary/aromatic N) is 2. The van der Waals surface area contributed by atoms with Crippen LogP contribution in [0.5, 0.6) is 0 Å². The summed E-state index contributed by atoms with van der Waals surface area (Å²) in [4.78, 5) is 0.0801. The van der Waals surface area contributed by atoms with Gasteiger partial charge in [0.25, 0.3) is 9.05 Å². The van der Waals surface area contributed by atoms with Gasteiger partial charge in [-0.2, -0.15) is 5.10 Å². The van der Waals surface area contributed by atoms with E-state index in [0.717, 1.165) is 15.7 Å². The van der Waals surface area contributed by atoms with Gasteiger partial charge in [0.2, 0.25) is 0 Å². The van der Waals surface area contributed by atoms with Gasteiger partial charge >= 0.3 is 0 Å². The number of halogens is 2. The fourth-order valence-electron chi connectivity index (χ4n) is 2.07. The highest BCUT2D eigenvalue weighted by molar-refractivity contribution is 9.10. The second-order valence-electron chi connectivity index (χ2n) is 4.28. The molecule has 0 bridgehead atoms. The first-order chi connectivity index (χ1) is 8.71. The molecule has 0 saturated heterocycles. The molecule has 19 heavy (non-hydrogen) atoms. The van der Waals surface area contributed by atoms with Crippen LogP contribution in [0.15, 0.2) is 27.6 Å². The van der Waals surface area contributed by atoms with Crippen LogP contribution in [-0.4, -0.2) is 18.2 Å². The van der Waals surface area contributed by atoms with Crippen molar-refractivity contribution in [1.82, 2.24) is 9.78 Å². The van der Waals surface area contributed by atoms with Gasteiger partial charge in [-0.05, 0) is 44.5 Å². The maximum absolute atomic E-state index is 11.6. The molecule has 0 radical (unpaired) electrons. The Kier molecular flexibility index (Phi) is 3.77. The molecule has 102 valence electrons. The summed E-state index contributed by atoms with van der Waals surface area (Å²) in [5, 5.41) is 4.28. The standard InChI is InChI=1S/C12H12BrClN2O2S/c1-7-6-10(13)4-5-11(7)16-9(3)12(8(2)15-16)19(14,17)18/h4-6H,1-3H3. The highest BCUT2D eigenvalue weighted by atomic mass is 79.9. The number of hydrogen-bond acceptors (Lipinski definition) is 3. The van der Waals surface area contributed by atoms with Gasteiger partial charge in [0, 0.05) is 15.2 Å². The zero-order chi connectivity index (χ0) is 14.4. The number of hydrogen-bond donors (Lipinski definition) is 0. The molecule has 0 saturated carbocycles. The van der Waals surface area contributed by atoms with Crippen LogP contribution in [0.1, 0.15) is 17.0 Å². The fraction of sp³-hybridized carbons (Fsp3) is 0.250. The van der Waals surface area contributed by atoms with Crippen molar-refractivity contribution < 1.29 is 8.42 Å². The van der Waals surface area contributed by atoms with Gasteiger partial charge in [0.05, 0.1) is 17.1 Å². The molecule has 7 heteroatoms. The summed E-state index contributed by atoms with van der Waals surface area (Å²) in [6.07, 6.45) is 0. The average Bonchev–Trinajstić information content (AvgIpc) is 2.53. The third kappa shape index (κ3) is 2.70. The lowest BCUT2D eigenvalue weighted by atomic mass is 10.2. The number of benzene rings is 1. The van der Waals surface area contributed by atoms with E-state index in [2.05, 4.69) is 21.0 Å². The first kappa shape index (κ1) is 14.6. The normalized spacial score (nSPS) is 11.8. The summed E-state index contributed by atoms with van der Waals surface area (Å²) in [7, 11) is 1.65. The van der Waals surface area contributed by atoms with Crippen LogP contribution in [0.25, 0.3) is 5.69 Å². The van der Waals surface area contributed by atoms with Gasteiger partial charge in [-0.25, -0.2) is 13.1 Å². The van der Waals surface area contributed by atoms with E-state index < -0.39 is 9.05 Å². The van der Waals surface area contributed by atoms with Crippen molar-refractivity contribution in [2.24, 2.45) is 0 Å². The van der Waals surface area contributed by atoms with Gasteiger partial charge in [-0.3, -0.25) is 0 Å². The van der Waals surface area contributed by atoms with Crippen LogP contribution in [0.3, 0.4) is 0 Å². The highest BCUT2D eigenvalue weighted by Gasteiger charge is 2.23. The van der Waals surface area contributed by atoms with E-state index in [1.165, 1.54) is 0 Å². The lowest BCUT2D eigenvalue weighted by Crippen LogP contribution is -2.02. The monoisotopic (exact) mass is 362 g/mol. The Bertz CT molecular complexity index is 753. The third-order valence-corrected chi connectivity index (χ3v) is 4.89. The molecule has 0 unspecified atom stereocenters. The van der Waals surface area contributed by atoms with Crippen LogP contribution in [-0.2, 0) is 9.05 Å². The Morgan fingerprint density at radius 3 is 2.37 bits per heavy atom. The summed E-state index contributed by atoms with van der Waals surface area (Å²) >= 11 is 3.39. The molecule has 0 atom stereocenters. The molecule has 0 aliphatic rings. The largest absolute Gasteiger partial charge is 0.264 e. The fourth-order valence-corrected chi connectivity index (χ4v) is 4.05. The topological polar surface area (TPSA) is 52.0 Å². The summed E-state index contributed by atoms with van der Waals surface area (Å²) in [5.74, 6) is 0. The quantitative estimate of drug-likeness (QED) is 0.768. The molecule has 0 aliphatic carbocycles. The highest BCUT2D eigenvalue weighted by Crippen LogP contribution is 2.27. The zero-order valence-corrected chi connectivity index (χ0v) is 13.8. The maximum Gasteiger partial charge on any atom is 0.264 e. The Labute approximate surface area is 124 Å². The van der Waals surface area contributed by atoms with Crippen molar-refractivity contribution in [3.8, 4) is 5.69 Å². The van der Waals surface area contributed by atoms with Gasteiger partial charge < -0.3 is 0 Å². The second kappa shape index (κ2) is 4.92. The molecule has 0 N–H and O–H groups in total. The molecular weight excluding hydrogens is 352 g/mol. The van der Waals surface area contributed by atoms with Gasteiger partial charge in [-0.15, -0.1) is 0 Å². The summed E-state index contributed by atoms with van der Waals surface area (Å²) in [6, 6.07) is 5.71. The van der Waals surface area contributed by atoms with Crippen molar-refractivity contribution in [2.75, 3.05) is 0 Å². The second-order valence-corrected chi connectivity index (χ2v) is 7.70. The van der Waals surface area contributed by atoms with E-state index in [4.69, 9.17) is 10.7 Å². The molecule has 0 aliphatic heterocycles. The lowest BCUT2D eigenvalue weighted by molar-refractivity contribution is 0.608. The van der Waals surface area contributed by atoms with Crippen molar-refractivity contribution in [3.05, 3.63) is 39.6 Å². The number of rotatable bonds is 2. The molecule has 2 aromatic rings. The molecule has 2 rings (SSSR count). The first-order valence-electron chi connectivity index (χ1n) is 5.49. The van der Waals surface area contributed by atoms with Gasteiger partial charge in [0.1, 0.15) is 4.90 Å². The van der Waals surface area contributed by atoms with E-state index in [0.29, 0.717) is 11.4 Å². The van der Waals surface area contributed by atoms with Gasteiger partial charge in [0.15, 0.2) is 0 Å². The summed E-state index contributed by atoms with van der Waals surface area (Å²) in [5.41, 5.74) is 2.72. The third-order valence-electron chi connectivity index (χ3n) is 2.86. The van der Waals surface area contributed by atoms with E-state index in [-0.39, 0.29) is 4.90 Å². The molecule has 0 fully saturated rings.